The maximum absolute atomic E-state index is 9.99. The van der Waals surface area contributed by atoms with Crippen LogP contribution in [0.3, 0.4) is 0 Å². The van der Waals surface area contributed by atoms with Crippen LogP contribution < -0.4 is 5.32 Å². The van der Waals surface area contributed by atoms with Gasteiger partial charge in [0.05, 0.1) is 25.9 Å². The monoisotopic (exact) mass is 274 g/mol. The molecule has 0 spiro atoms. The highest BCUT2D eigenvalue weighted by atomic mass is 16.5. The van der Waals surface area contributed by atoms with Gasteiger partial charge in [0.15, 0.2) is 0 Å². The first kappa shape index (κ1) is 16.9. The van der Waals surface area contributed by atoms with Crippen LogP contribution >= 0.6 is 0 Å². The molecule has 0 aliphatic carbocycles. The predicted octanol–water partition coefficient (Wildman–Crippen LogP) is 0.474. The van der Waals surface area contributed by atoms with Gasteiger partial charge in [-0.15, -0.1) is 0 Å². The van der Waals surface area contributed by atoms with Crippen molar-refractivity contribution in [2.75, 3.05) is 53.1 Å². The summed E-state index contributed by atoms with van der Waals surface area (Å²) in [7, 11) is 1.65. The highest BCUT2D eigenvalue weighted by Crippen LogP contribution is 2.08. The molecule has 114 valence electrons. The van der Waals surface area contributed by atoms with Crippen molar-refractivity contribution in [3.8, 4) is 0 Å². The van der Waals surface area contributed by atoms with Gasteiger partial charge in [0.2, 0.25) is 0 Å². The Morgan fingerprint density at radius 3 is 2.89 bits per heavy atom. The van der Waals surface area contributed by atoms with Crippen LogP contribution in [0.4, 0.5) is 0 Å². The molecule has 1 saturated heterocycles. The third-order valence-electron chi connectivity index (χ3n) is 3.39. The van der Waals surface area contributed by atoms with Crippen LogP contribution in [0.25, 0.3) is 0 Å². The number of aliphatic hydroxyl groups is 1. The van der Waals surface area contributed by atoms with Crippen molar-refractivity contribution in [2.24, 2.45) is 0 Å². The van der Waals surface area contributed by atoms with E-state index in [9.17, 15) is 5.11 Å². The molecule has 0 bridgehead atoms. The molecule has 5 heteroatoms. The van der Waals surface area contributed by atoms with Crippen LogP contribution in [0, 0.1) is 0 Å². The van der Waals surface area contributed by atoms with Gasteiger partial charge < -0.3 is 19.9 Å². The molecule has 0 aromatic carbocycles. The van der Waals surface area contributed by atoms with E-state index in [-0.39, 0.29) is 0 Å². The van der Waals surface area contributed by atoms with Gasteiger partial charge in [-0.2, -0.15) is 0 Å². The van der Waals surface area contributed by atoms with Crippen molar-refractivity contribution >= 4 is 0 Å². The number of hydrogen-bond acceptors (Lipinski definition) is 5. The van der Waals surface area contributed by atoms with Crippen molar-refractivity contribution in [2.45, 2.75) is 38.3 Å². The SMILES string of the molecule is CCCN(CC(O)COCCOC)CC1CCCN1. The molecule has 5 nitrogen and oxygen atoms in total. The van der Waals surface area contributed by atoms with Crippen molar-refractivity contribution in [3.05, 3.63) is 0 Å². The van der Waals surface area contributed by atoms with Crippen molar-refractivity contribution in [3.63, 3.8) is 0 Å². The minimum atomic E-state index is -0.412. The summed E-state index contributed by atoms with van der Waals surface area (Å²) in [4.78, 5) is 2.34. The Labute approximate surface area is 117 Å². The van der Waals surface area contributed by atoms with Gasteiger partial charge in [-0.1, -0.05) is 6.92 Å². The highest BCUT2D eigenvalue weighted by molar-refractivity contribution is 4.78. The smallest absolute Gasteiger partial charge is 0.0900 e. The minimum absolute atomic E-state index is 0.391. The van der Waals surface area contributed by atoms with Gasteiger partial charge in [-0.3, -0.25) is 4.90 Å². The second-order valence-corrected chi connectivity index (χ2v) is 5.27. The zero-order valence-electron chi connectivity index (χ0n) is 12.4. The molecule has 0 amide bonds. The third kappa shape index (κ3) is 7.84. The van der Waals surface area contributed by atoms with Gasteiger partial charge >= 0.3 is 0 Å². The summed E-state index contributed by atoms with van der Waals surface area (Å²) in [6, 6.07) is 0.591. The zero-order valence-corrected chi connectivity index (χ0v) is 12.4. The Balaban J connectivity index is 2.18. The molecule has 0 radical (unpaired) electrons. The largest absolute Gasteiger partial charge is 0.389 e. The van der Waals surface area contributed by atoms with E-state index in [2.05, 4.69) is 17.1 Å². The maximum Gasteiger partial charge on any atom is 0.0900 e. The third-order valence-corrected chi connectivity index (χ3v) is 3.39. The molecule has 19 heavy (non-hydrogen) atoms. The van der Waals surface area contributed by atoms with Crippen molar-refractivity contribution in [1.82, 2.24) is 10.2 Å². The number of aliphatic hydroxyl groups excluding tert-OH is 1. The first-order chi connectivity index (χ1) is 9.26. The van der Waals surface area contributed by atoms with Gasteiger partial charge in [-0.05, 0) is 32.4 Å². The van der Waals surface area contributed by atoms with Gasteiger partial charge in [0.1, 0.15) is 0 Å². The number of ether oxygens (including phenoxy) is 2. The van der Waals surface area contributed by atoms with Crippen LogP contribution in [0.5, 0.6) is 0 Å². The molecule has 1 aliphatic rings. The number of nitrogens with zero attached hydrogens (tertiary/aromatic N) is 1. The lowest BCUT2D eigenvalue weighted by Crippen LogP contribution is -2.42. The van der Waals surface area contributed by atoms with Crippen molar-refractivity contribution in [1.29, 1.82) is 0 Å². The summed E-state index contributed by atoms with van der Waals surface area (Å²) in [5.41, 5.74) is 0. The summed E-state index contributed by atoms with van der Waals surface area (Å²) in [5.74, 6) is 0. The lowest BCUT2D eigenvalue weighted by Gasteiger charge is -2.27. The predicted molar refractivity (Wildman–Crippen MR) is 76.5 cm³/mol. The Bertz CT molecular complexity index is 211. The van der Waals surface area contributed by atoms with Crippen LogP contribution in [0.1, 0.15) is 26.2 Å². The Morgan fingerprint density at radius 2 is 2.26 bits per heavy atom. The van der Waals surface area contributed by atoms with Crippen LogP contribution in [0.15, 0.2) is 0 Å². The molecule has 2 atom stereocenters. The Hall–Kier alpha value is -0.200. The molecule has 2 unspecified atom stereocenters. The number of hydrogen-bond donors (Lipinski definition) is 2. The molecule has 1 heterocycles. The molecule has 0 aromatic heterocycles. The quantitative estimate of drug-likeness (QED) is 0.537. The maximum atomic E-state index is 9.99. The summed E-state index contributed by atoms with van der Waals surface area (Å²) in [6.07, 6.45) is 3.22. The fourth-order valence-electron chi connectivity index (χ4n) is 2.51. The van der Waals surface area contributed by atoms with E-state index < -0.39 is 6.10 Å². The Kier molecular flexibility index (Phi) is 9.38. The standard InChI is InChI=1S/C14H30N2O3/c1-3-7-16(10-13-5-4-6-15-13)11-14(17)12-19-9-8-18-2/h13-15,17H,3-12H2,1-2H3. The summed E-state index contributed by atoms with van der Waals surface area (Å²) in [5, 5.41) is 13.5. The van der Waals surface area contributed by atoms with E-state index in [0.29, 0.717) is 32.4 Å². The number of nitrogens with one attached hydrogen (secondary N) is 1. The average Bonchev–Trinajstić information content (AvgIpc) is 2.88. The van der Waals surface area contributed by atoms with Crippen LogP contribution in [-0.2, 0) is 9.47 Å². The lowest BCUT2D eigenvalue weighted by atomic mass is 10.2. The first-order valence-corrected chi connectivity index (χ1v) is 7.46. The summed E-state index contributed by atoms with van der Waals surface area (Å²) < 4.78 is 10.3. The number of rotatable bonds is 11. The average molecular weight is 274 g/mol. The van der Waals surface area contributed by atoms with Gasteiger partial charge in [-0.25, -0.2) is 0 Å². The normalized spacial score (nSPS) is 21.2. The van der Waals surface area contributed by atoms with E-state index in [1.807, 2.05) is 0 Å². The van der Waals surface area contributed by atoms with Crippen LogP contribution in [-0.4, -0.2) is 75.3 Å². The topological polar surface area (TPSA) is 54.0 Å². The van der Waals surface area contributed by atoms with E-state index in [4.69, 9.17) is 9.47 Å². The summed E-state index contributed by atoms with van der Waals surface area (Å²) >= 11 is 0. The minimum Gasteiger partial charge on any atom is -0.389 e. The molecule has 1 aliphatic heterocycles. The van der Waals surface area contributed by atoms with E-state index in [1.165, 1.54) is 12.8 Å². The lowest BCUT2D eigenvalue weighted by molar-refractivity contribution is -0.00135. The molecule has 0 aromatic rings. The molecule has 2 N–H and O–H groups in total. The van der Waals surface area contributed by atoms with Gasteiger partial charge in [0, 0.05) is 26.2 Å². The molecule has 0 saturated carbocycles. The van der Waals surface area contributed by atoms with E-state index in [0.717, 1.165) is 26.1 Å². The second-order valence-electron chi connectivity index (χ2n) is 5.27. The number of methoxy groups -OCH3 is 1. The Morgan fingerprint density at radius 1 is 1.42 bits per heavy atom. The molecular formula is C14H30N2O3. The van der Waals surface area contributed by atoms with Gasteiger partial charge in [0.25, 0.3) is 0 Å². The first-order valence-electron chi connectivity index (χ1n) is 7.46. The second kappa shape index (κ2) is 10.6. The van der Waals surface area contributed by atoms with E-state index in [1.54, 1.807) is 7.11 Å². The fraction of sp³-hybridized carbons (Fsp3) is 1.00. The summed E-state index contributed by atoms with van der Waals surface area (Å²) in [6.45, 7) is 7.59. The molecule has 1 rings (SSSR count). The van der Waals surface area contributed by atoms with E-state index >= 15 is 0 Å². The van der Waals surface area contributed by atoms with Crippen LogP contribution in [0.2, 0.25) is 0 Å². The molecule has 1 fully saturated rings. The fourth-order valence-corrected chi connectivity index (χ4v) is 2.51. The highest BCUT2D eigenvalue weighted by Gasteiger charge is 2.19. The molecular weight excluding hydrogens is 244 g/mol. The zero-order chi connectivity index (χ0) is 13.9. The van der Waals surface area contributed by atoms with Crippen molar-refractivity contribution < 1.29 is 14.6 Å².